The minimum absolute atomic E-state index is 0.0418. The molecule has 18 heavy (non-hydrogen) atoms. The van der Waals surface area contributed by atoms with Crippen LogP contribution in [0.4, 0.5) is 0 Å². The van der Waals surface area contributed by atoms with E-state index in [2.05, 4.69) is 0 Å². The maximum atomic E-state index is 12.3. The third-order valence-electron chi connectivity index (χ3n) is 3.17. The first-order valence-electron chi connectivity index (χ1n) is 5.84. The molecular weight excluding hydrogens is 224 g/mol. The molecule has 2 aromatic rings. The average molecular weight is 236 g/mol. The molecule has 2 heteroatoms. The summed E-state index contributed by atoms with van der Waals surface area (Å²) < 4.78 is 5.69. The molecular formula is C16H12O2. The van der Waals surface area contributed by atoms with Gasteiger partial charge in [0.15, 0.2) is 0 Å². The second kappa shape index (κ2) is 4.15. The van der Waals surface area contributed by atoms with Gasteiger partial charge in [0.2, 0.25) is 11.4 Å². The second-order valence-corrected chi connectivity index (χ2v) is 4.20. The van der Waals surface area contributed by atoms with Crippen LogP contribution in [0.25, 0.3) is 0 Å². The van der Waals surface area contributed by atoms with E-state index >= 15 is 0 Å². The monoisotopic (exact) mass is 236 g/mol. The average Bonchev–Trinajstić information content (AvgIpc) is 2.84. The van der Waals surface area contributed by atoms with Crippen molar-refractivity contribution < 1.29 is 9.53 Å². The maximum Gasteiger partial charge on any atom is 0.220 e. The molecule has 0 spiro atoms. The SMILES string of the molecule is O=C1C=COC1(c1ccccc1)c1ccccc1. The summed E-state index contributed by atoms with van der Waals surface area (Å²) in [5.41, 5.74) is 0.695. The van der Waals surface area contributed by atoms with Crippen molar-refractivity contribution in [2.24, 2.45) is 0 Å². The van der Waals surface area contributed by atoms with Gasteiger partial charge in [-0.05, 0) is 0 Å². The van der Waals surface area contributed by atoms with Crippen molar-refractivity contribution in [3.8, 4) is 0 Å². The highest BCUT2D eigenvalue weighted by atomic mass is 16.5. The Labute approximate surface area is 106 Å². The Morgan fingerprint density at radius 3 is 1.67 bits per heavy atom. The summed E-state index contributed by atoms with van der Waals surface area (Å²) in [6, 6.07) is 19.2. The standard InChI is InChI=1S/C16H12O2/c17-15-11-12-18-16(15,13-7-3-1-4-8-13)14-9-5-2-6-10-14/h1-12H. The molecule has 3 rings (SSSR count). The van der Waals surface area contributed by atoms with Gasteiger partial charge in [0.05, 0.1) is 6.26 Å². The van der Waals surface area contributed by atoms with Crippen LogP contribution >= 0.6 is 0 Å². The van der Waals surface area contributed by atoms with Crippen molar-refractivity contribution in [3.05, 3.63) is 84.1 Å². The Morgan fingerprint density at radius 2 is 1.28 bits per heavy atom. The third-order valence-corrected chi connectivity index (χ3v) is 3.17. The Morgan fingerprint density at radius 1 is 0.778 bits per heavy atom. The molecule has 1 aliphatic heterocycles. The maximum absolute atomic E-state index is 12.3. The first-order valence-corrected chi connectivity index (χ1v) is 5.84. The lowest BCUT2D eigenvalue weighted by molar-refractivity contribution is -0.126. The van der Waals surface area contributed by atoms with E-state index in [9.17, 15) is 4.79 Å². The summed E-state index contributed by atoms with van der Waals surface area (Å²) >= 11 is 0. The van der Waals surface area contributed by atoms with Crippen molar-refractivity contribution in [1.82, 2.24) is 0 Å². The van der Waals surface area contributed by atoms with Gasteiger partial charge in [0.1, 0.15) is 0 Å². The number of carbonyl (C=O) groups is 1. The molecule has 0 unspecified atom stereocenters. The van der Waals surface area contributed by atoms with Crippen LogP contribution in [0.5, 0.6) is 0 Å². The molecule has 0 fully saturated rings. The number of rotatable bonds is 2. The summed E-state index contributed by atoms with van der Waals surface area (Å²) in [5, 5.41) is 0. The largest absolute Gasteiger partial charge is 0.477 e. The zero-order valence-corrected chi connectivity index (χ0v) is 9.74. The van der Waals surface area contributed by atoms with E-state index in [1.165, 1.54) is 12.3 Å². The Bertz CT molecular complexity index is 546. The lowest BCUT2D eigenvalue weighted by atomic mass is 9.83. The summed E-state index contributed by atoms with van der Waals surface area (Å²) in [6.07, 6.45) is 2.96. The lowest BCUT2D eigenvalue weighted by Crippen LogP contribution is -2.34. The van der Waals surface area contributed by atoms with Gasteiger partial charge in [-0.25, -0.2) is 0 Å². The van der Waals surface area contributed by atoms with Crippen molar-refractivity contribution in [1.29, 1.82) is 0 Å². The van der Waals surface area contributed by atoms with Gasteiger partial charge in [-0.2, -0.15) is 0 Å². The minimum Gasteiger partial charge on any atom is -0.477 e. The fourth-order valence-electron chi connectivity index (χ4n) is 2.31. The zero-order chi connectivity index (χ0) is 12.4. The van der Waals surface area contributed by atoms with Crippen LogP contribution in [0.1, 0.15) is 11.1 Å². The molecule has 2 aromatic carbocycles. The molecule has 0 saturated carbocycles. The molecule has 0 aromatic heterocycles. The van der Waals surface area contributed by atoms with E-state index in [0.717, 1.165) is 11.1 Å². The van der Waals surface area contributed by atoms with Gasteiger partial charge in [-0.1, -0.05) is 60.7 Å². The molecule has 0 aliphatic carbocycles. The molecule has 0 bridgehead atoms. The van der Waals surface area contributed by atoms with Gasteiger partial charge in [0, 0.05) is 17.2 Å². The van der Waals surface area contributed by atoms with Gasteiger partial charge in [-0.3, -0.25) is 4.79 Å². The number of benzene rings is 2. The number of hydrogen-bond acceptors (Lipinski definition) is 2. The summed E-state index contributed by atoms with van der Waals surface area (Å²) in [5.74, 6) is -0.0418. The van der Waals surface area contributed by atoms with Crippen LogP contribution in [0.2, 0.25) is 0 Å². The molecule has 1 aliphatic rings. The Balaban J connectivity index is 2.21. The van der Waals surface area contributed by atoms with Crippen LogP contribution in [0.3, 0.4) is 0 Å². The van der Waals surface area contributed by atoms with Crippen molar-refractivity contribution >= 4 is 5.78 Å². The first kappa shape index (κ1) is 10.8. The predicted molar refractivity (Wildman–Crippen MR) is 68.9 cm³/mol. The van der Waals surface area contributed by atoms with E-state index in [4.69, 9.17) is 4.74 Å². The molecule has 0 N–H and O–H groups in total. The summed E-state index contributed by atoms with van der Waals surface area (Å²) in [4.78, 5) is 12.3. The van der Waals surface area contributed by atoms with Crippen molar-refractivity contribution in [3.63, 3.8) is 0 Å². The van der Waals surface area contributed by atoms with Gasteiger partial charge >= 0.3 is 0 Å². The topological polar surface area (TPSA) is 26.3 Å². The molecule has 2 nitrogen and oxygen atoms in total. The highest BCUT2D eigenvalue weighted by molar-refractivity contribution is 6.02. The summed E-state index contributed by atoms with van der Waals surface area (Å²) in [7, 11) is 0. The molecule has 0 saturated heterocycles. The van der Waals surface area contributed by atoms with E-state index in [-0.39, 0.29) is 5.78 Å². The molecule has 0 amide bonds. The van der Waals surface area contributed by atoms with Crippen molar-refractivity contribution in [2.75, 3.05) is 0 Å². The Kier molecular flexibility index (Phi) is 2.49. The fraction of sp³-hybridized carbons (Fsp3) is 0.0625. The normalized spacial score (nSPS) is 16.6. The number of ether oxygens (including phenoxy) is 1. The second-order valence-electron chi connectivity index (χ2n) is 4.20. The molecule has 88 valence electrons. The van der Waals surface area contributed by atoms with Gasteiger partial charge < -0.3 is 4.74 Å². The highest BCUT2D eigenvalue weighted by Crippen LogP contribution is 2.38. The van der Waals surface area contributed by atoms with E-state index < -0.39 is 5.60 Å². The molecule has 0 radical (unpaired) electrons. The molecule has 1 heterocycles. The van der Waals surface area contributed by atoms with Crippen LogP contribution in [0.15, 0.2) is 73.0 Å². The smallest absolute Gasteiger partial charge is 0.220 e. The van der Waals surface area contributed by atoms with E-state index in [1.54, 1.807) is 0 Å². The van der Waals surface area contributed by atoms with Crippen LogP contribution in [0, 0.1) is 0 Å². The van der Waals surface area contributed by atoms with Crippen LogP contribution in [-0.2, 0) is 15.1 Å². The Hall–Kier alpha value is -2.35. The number of ketones is 1. The number of hydrogen-bond donors (Lipinski definition) is 0. The number of carbonyl (C=O) groups excluding carboxylic acids is 1. The van der Waals surface area contributed by atoms with E-state index in [1.807, 2.05) is 60.7 Å². The molecule has 0 atom stereocenters. The van der Waals surface area contributed by atoms with Crippen LogP contribution < -0.4 is 0 Å². The lowest BCUT2D eigenvalue weighted by Gasteiger charge is -2.28. The van der Waals surface area contributed by atoms with Crippen molar-refractivity contribution in [2.45, 2.75) is 5.60 Å². The minimum atomic E-state index is -1.01. The predicted octanol–water partition coefficient (Wildman–Crippen LogP) is 3.04. The van der Waals surface area contributed by atoms with E-state index in [0.29, 0.717) is 0 Å². The summed E-state index contributed by atoms with van der Waals surface area (Å²) in [6.45, 7) is 0. The highest BCUT2D eigenvalue weighted by Gasteiger charge is 2.44. The quantitative estimate of drug-likeness (QED) is 0.801. The van der Waals surface area contributed by atoms with Crippen LogP contribution in [-0.4, -0.2) is 5.78 Å². The first-order chi connectivity index (χ1) is 8.84. The van der Waals surface area contributed by atoms with Gasteiger partial charge in [-0.15, -0.1) is 0 Å². The fourth-order valence-corrected chi connectivity index (χ4v) is 2.31. The van der Waals surface area contributed by atoms with Gasteiger partial charge in [0.25, 0.3) is 0 Å². The third kappa shape index (κ3) is 1.46. The zero-order valence-electron chi connectivity index (χ0n) is 9.74.